The summed E-state index contributed by atoms with van der Waals surface area (Å²) >= 11 is 5.29. The molecule has 0 N–H and O–H groups in total. The summed E-state index contributed by atoms with van der Waals surface area (Å²) in [7, 11) is 0. The molecule has 0 bridgehead atoms. The summed E-state index contributed by atoms with van der Waals surface area (Å²) in [6.07, 6.45) is -9.92. The predicted octanol–water partition coefficient (Wildman–Crippen LogP) is 4.14. The van der Waals surface area contributed by atoms with E-state index in [1.807, 2.05) is 0 Å². The van der Waals surface area contributed by atoms with Gasteiger partial charge in [-0.3, -0.25) is 0 Å². The highest BCUT2D eigenvalue weighted by atomic mass is 35.5. The van der Waals surface area contributed by atoms with E-state index in [2.05, 4.69) is 9.47 Å². The zero-order chi connectivity index (χ0) is 13.3. The van der Waals surface area contributed by atoms with Crippen molar-refractivity contribution in [1.29, 1.82) is 0 Å². The third-order valence-electron chi connectivity index (χ3n) is 1.36. The van der Waals surface area contributed by atoms with Crippen molar-refractivity contribution in [2.45, 2.75) is 12.7 Å². The molecule has 0 spiro atoms. The van der Waals surface area contributed by atoms with Crippen LogP contribution in [0.3, 0.4) is 0 Å². The Bertz CT molecular complexity index is 400. The third-order valence-corrected chi connectivity index (χ3v) is 1.66. The Kier molecular flexibility index (Phi) is 3.65. The van der Waals surface area contributed by atoms with Crippen LogP contribution in [0.5, 0.6) is 11.5 Å². The normalized spacial score (nSPS) is 12.4. The van der Waals surface area contributed by atoms with Gasteiger partial charge in [-0.05, 0) is 12.1 Å². The summed E-state index contributed by atoms with van der Waals surface area (Å²) in [4.78, 5) is 0. The summed E-state index contributed by atoms with van der Waals surface area (Å²) in [6, 6.07) is 1.84. The lowest BCUT2D eigenvalue weighted by atomic mass is 10.3. The maximum Gasteiger partial charge on any atom is 0.573 e. The minimum Gasteiger partial charge on any atom is -0.406 e. The first-order chi connectivity index (χ1) is 7.57. The van der Waals surface area contributed by atoms with Gasteiger partial charge in [-0.15, -0.1) is 26.3 Å². The second kappa shape index (κ2) is 4.52. The zero-order valence-electron chi connectivity index (χ0n) is 7.69. The van der Waals surface area contributed by atoms with Crippen molar-refractivity contribution in [2.75, 3.05) is 0 Å². The highest BCUT2D eigenvalue weighted by Gasteiger charge is 2.33. The number of alkyl halides is 6. The fraction of sp³-hybridized carbons (Fsp3) is 0.250. The van der Waals surface area contributed by atoms with E-state index in [-0.39, 0.29) is 0 Å². The van der Waals surface area contributed by atoms with Gasteiger partial charge in [0.15, 0.2) is 0 Å². The van der Waals surface area contributed by atoms with Crippen molar-refractivity contribution in [3.8, 4) is 11.5 Å². The largest absolute Gasteiger partial charge is 0.573 e. The fourth-order valence-electron chi connectivity index (χ4n) is 0.886. The minimum absolute atomic E-state index is 0.566. The first kappa shape index (κ1) is 13.8. The molecule has 1 rings (SSSR count). The predicted molar refractivity (Wildman–Crippen MR) is 44.8 cm³/mol. The molecule has 0 aromatic heterocycles. The van der Waals surface area contributed by atoms with Crippen LogP contribution in [0.1, 0.15) is 0 Å². The number of ether oxygens (including phenoxy) is 2. The van der Waals surface area contributed by atoms with Gasteiger partial charge < -0.3 is 9.47 Å². The zero-order valence-corrected chi connectivity index (χ0v) is 8.45. The molecule has 0 saturated heterocycles. The average molecular weight is 281 g/mol. The number of hydrogen-bond acceptors (Lipinski definition) is 2. The van der Waals surface area contributed by atoms with Gasteiger partial charge in [-0.2, -0.15) is 0 Å². The van der Waals surface area contributed by atoms with Crippen LogP contribution in [0, 0.1) is 0 Å². The molecule has 1 aromatic carbocycles. The molecule has 0 aliphatic carbocycles. The molecule has 2 nitrogen and oxygen atoms in total. The Morgan fingerprint density at radius 2 is 1.41 bits per heavy atom. The van der Waals surface area contributed by atoms with Crippen LogP contribution in [0.4, 0.5) is 26.3 Å². The fourth-order valence-corrected chi connectivity index (χ4v) is 1.10. The van der Waals surface area contributed by atoms with Gasteiger partial charge in [0.25, 0.3) is 0 Å². The summed E-state index contributed by atoms with van der Waals surface area (Å²) < 4.78 is 77.6. The lowest BCUT2D eigenvalue weighted by Crippen LogP contribution is -2.18. The first-order valence-electron chi connectivity index (χ1n) is 3.88. The van der Waals surface area contributed by atoms with E-state index in [0.29, 0.717) is 18.2 Å². The highest BCUT2D eigenvalue weighted by molar-refractivity contribution is 6.32. The van der Waals surface area contributed by atoms with Crippen molar-refractivity contribution in [3.05, 3.63) is 23.2 Å². The van der Waals surface area contributed by atoms with Crippen LogP contribution in [-0.2, 0) is 0 Å². The van der Waals surface area contributed by atoms with E-state index in [9.17, 15) is 26.3 Å². The van der Waals surface area contributed by atoms with E-state index in [1.165, 1.54) is 0 Å². The van der Waals surface area contributed by atoms with E-state index in [0.717, 1.165) is 0 Å². The van der Waals surface area contributed by atoms with Crippen molar-refractivity contribution in [2.24, 2.45) is 0 Å². The Hall–Kier alpha value is -1.31. The molecule has 96 valence electrons. The quantitative estimate of drug-likeness (QED) is 0.758. The molecule has 0 unspecified atom stereocenters. The maximum atomic E-state index is 11.8. The second-order valence-corrected chi connectivity index (χ2v) is 3.10. The van der Waals surface area contributed by atoms with Gasteiger partial charge >= 0.3 is 12.7 Å². The number of benzene rings is 1. The standard InChI is InChI=1S/C8H3ClF6O2/c9-5-3-4(16-7(10,11)12)1-2-6(5)17-8(13,14)15/h1-3H. The Balaban J connectivity index is 2.87. The molecule has 0 radical (unpaired) electrons. The summed E-state index contributed by atoms with van der Waals surface area (Å²) in [5.41, 5.74) is 0. The Morgan fingerprint density at radius 1 is 0.882 bits per heavy atom. The minimum atomic E-state index is -4.98. The van der Waals surface area contributed by atoms with E-state index in [1.54, 1.807) is 0 Å². The van der Waals surface area contributed by atoms with Gasteiger partial charge in [-0.1, -0.05) is 11.6 Å². The van der Waals surface area contributed by atoms with Gasteiger partial charge in [0.05, 0.1) is 5.02 Å². The molecule has 0 aliphatic rings. The van der Waals surface area contributed by atoms with Gasteiger partial charge in [-0.25, -0.2) is 0 Å². The number of hydrogen-bond donors (Lipinski definition) is 0. The summed E-state index contributed by atoms with van der Waals surface area (Å²) in [6.45, 7) is 0. The van der Waals surface area contributed by atoms with E-state index < -0.39 is 29.2 Å². The summed E-state index contributed by atoms with van der Waals surface area (Å²) in [5.74, 6) is -1.55. The van der Waals surface area contributed by atoms with Gasteiger partial charge in [0, 0.05) is 6.07 Å². The van der Waals surface area contributed by atoms with Crippen molar-refractivity contribution in [1.82, 2.24) is 0 Å². The molecular formula is C8H3ClF6O2. The maximum absolute atomic E-state index is 11.8. The Labute approximate surface area is 95.7 Å². The molecule has 0 saturated carbocycles. The van der Waals surface area contributed by atoms with Gasteiger partial charge in [0.1, 0.15) is 11.5 Å². The van der Waals surface area contributed by atoms with Crippen molar-refractivity contribution >= 4 is 11.6 Å². The molecule has 0 atom stereocenters. The average Bonchev–Trinajstić information content (AvgIpc) is 2.05. The molecule has 0 amide bonds. The van der Waals surface area contributed by atoms with Crippen molar-refractivity contribution < 1.29 is 35.8 Å². The molecule has 0 heterocycles. The SMILES string of the molecule is FC(F)(F)Oc1ccc(OC(F)(F)F)c(Cl)c1. The molecule has 0 aliphatic heterocycles. The number of halogens is 7. The van der Waals surface area contributed by atoms with Gasteiger partial charge in [0.2, 0.25) is 0 Å². The van der Waals surface area contributed by atoms with Crippen LogP contribution < -0.4 is 9.47 Å². The third kappa shape index (κ3) is 5.03. The van der Waals surface area contributed by atoms with Crippen LogP contribution >= 0.6 is 11.6 Å². The first-order valence-corrected chi connectivity index (χ1v) is 4.26. The second-order valence-electron chi connectivity index (χ2n) is 2.69. The van der Waals surface area contributed by atoms with Crippen LogP contribution in [-0.4, -0.2) is 12.7 Å². The Morgan fingerprint density at radius 3 is 1.82 bits per heavy atom. The number of rotatable bonds is 2. The molecule has 9 heteroatoms. The van der Waals surface area contributed by atoms with Crippen molar-refractivity contribution in [3.63, 3.8) is 0 Å². The lowest BCUT2D eigenvalue weighted by Gasteiger charge is -2.12. The van der Waals surface area contributed by atoms with E-state index >= 15 is 0 Å². The van der Waals surface area contributed by atoms with Crippen LogP contribution in [0.25, 0.3) is 0 Å². The molecular weight excluding hydrogens is 278 g/mol. The summed E-state index contributed by atoms with van der Waals surface area (Å²) in [5, 5.41) is -0.649. The molecule has 1 aromatic rings. The van der Waals surface area contributed by atoms with E-state index in [4.69, 9.17) is 11.6 Å². The van der Waals surface area contributed by atoms with Crippen LogP contribution in [0.15, 0.2) is 18.2 Å². The highest BCUT2D eigenvalue weighted by Crippen LogP contribution is 2.34. The molecule has 0 fully saturated rings. The lowest BCUT2D eigenvalue weighted by molar-refractivity contribution is -0.277. The van der Waals surface area contributed by atoms with Crippen LogP contribution in [0.2, 0.25) is 5.02 Å². The molecule has 17 heavy (non-hydrogen) atoms. The monoisotopic (exact) mass is 280 g/mol. The topological polar surface area (TPSA) is 18.5 Å². The smallest absolute Gasteiger partial charge is 0.406 e.